The first-order valence-electron chi connectivity index (χ1n) is 6.51. The smallest absolute Gasteiger partial charge is 0.269 e. The van der Waals surface area contributed by atoms with Gasteiger partial charge in [0.05, 0.1) is 7.11 Å². The molecule has 1 amide bonds. The summed E-state index contributed by atoms with van der Waals surface area (Å²) in [5.74, 6) is 0.747. The summed E-state index contributed by atoms with van der Waals surface area (Å²) in [6.45, 7) is 4.60. The van der Waals surface area contributed by atoms with Gasteiger partial charge in [-0.3, -0.25) is 4.79 Å². The van der Waals surface area contributed by atoms with Crippen LogP contribution in [0.5, 0.6) is 5.75 Å². The molecular formula is C14H18N4O2S. The molecule has 2 aromatic rings. The molecule has 1 aromatic heterocycles. The zero-order chi connectivity index (χ0) is 15.4. The van der Waals surface area contributed by atoms with Crippen LogP contribution in [-0.2, 0) is 0 Å². The van der Waals surface area contributed by atoms with Gasteiger partial charge in [-0.1, -0.05) is 11.3 Å². The van der Waals surface area contributed by atoms with E-state index in [2.05, 4.69) is 15.6 Å². The van der Waals surface area contributed by atoms with Crippen LogP contribution in [0, 0.1) is 6.92 Å². The maximum atomic E-state index is 12.2. The summed E-state index contributed by atoms with van der Waals surface area (Å²) in [4.78, 5) is 16.8. The van der Waals surface area contributed by atoms with Crippen LogP contribution in [0.3, 0.4) is 0 Å². The average Bonchev–Trinajstić information content (AvgIpc) is 2.80. The quantitative estimate of drug-likeness (QED) is 0.790. The number of aryl methyl sites for hydroxylation is 1. The molecule has 21 heavy (non-hydrogen) atoms. The van der Waals surface area contributed by atoms with Crippen molar-refractivity contribution in [3.05, 3.63) is 28.6 Å². The zero-order valence-electron chi connectivity index (χ0n) is 12.2. The second kappa shape index (κ2) is 6.45. The van der Waals surface area contributed by atoms with E-state index in [9.17, 15) is 4.79 Å². The molecule has 2 rings (SSSR count). The van der Waals surface area contributed by atoms with Gasteiger partial charge in [0.1, 0.15) is 16.4 Å². The largest absolute Gasteiger partial charge is 0.496 e. The Morgan fingerprint density at radius 1 is 1.48 bits per heavy atom. The summed E-state index contributed by atoms with van der Waals surface area (Å²) in [6.07, 6.45) is 0. The Labute approximate surface area is 127 Å². The molecule has 0 unspecified atom stereocenters. The number of amides is 1. The lowest BCUT2D eigenvalue weighted by Gasteiger charge is -2.08. The number of nitrogen functional groups attached to an aromatic ring is 1. The Kier molecular flexibility index (Phi) is 4.64. The Bertz CT molecular complexity index is 654. The Morgan fingerprint density at radius 3 is 2.86 bits per heavy atom. The lowest BCUT2D eigenvalue weighted by Crippen LogP contribution is -2.12. The lowest BCUT2D eigenvalue weighted by atomic mass is 10.2. The van der Waals surface area contributed by atoms with Crippen LogP contribution in [0.25, 0.3) is 0 Å². The first-order chi connectivity index (χ1) is 10.0. The number of hydrogen-bond acceptors (Lipinski definition) is 6. The van der Waals surface area contributed by atoms with Crippen molar-refractivity contribution in [2.24, 2.45) is 0 Å². The predicted molar refractivity (Wildman–Crippen MR) is 86.4 cm³/mol. The average molecular weight is 306 g/mol. The number of rotatable bonds is 5. The molecule has 0 radical (unpaired) electrons. The van der Waals surface area contributed by atoms with E-state index in [-0.39, 0.29) is 11.7 Å². The van der Waals surface area contributed by atoms with E-state index >= 15 is 0 Å². The summed E-state index contributed by atoms with van der Waals surface area (Å²) in [5, 5.41) is 6.50. The van der Waals surface area contributed by atoms with Crippen molar-refractivity contribution >= 4 is 33.9 Å². The fourth-order valence-electron chi connectivity index (χ4n) is 1.87. The second-order valence-electron chi connectivity index (χ2n) is 4.40. The van der Waals surface area contributed by atoms with Crippen LogP contribution in [0.2, 0.25) is 0 Å². The molecule has 112 valence electrons. The molecule has 0 saturated heterocycles. The first kappa shape index (κ1) is 15.1. The SMILES string of the molecule is CCNc1nc(N)c(C(=O)Nc2ccc(OC)c(C)c2)s1. The molecule has 0 aliphatic rings. The second-order valence-corrected chi connectivity index (χ2v) is 5.40. The van der Waals surface area contributed by atoms with E-state index < -0.39 is 0 Å². The number of hydrogen-bond donors (Lipinski definition) is 3. The molecule has 4 N–H and O–H groups in total. The number of nitrogens with zero attached hydrogens (tertiary/aromatic N) is 1. The van der Waals surface area contributed by atoms with Crippen LogP contribution in [-0.4, -0.2) is 24.5 Å². The molecule has 0 bridgehead atoms. The van der Waals surface area contributed by atoms with E-state index in [4.69, 9.17) is 10.5 Å². The summed E-state index contributed by atoms with van der Waals surface area (Å²) in [7, 11) is 1.61. The third kappa shape index (κ3) is 3.43. The summed E-state index contributed by atoms with van der Waals surface area (Å²) < 4.78 is 5.19. The number of nitrogens with two attached hydrogens (primary N) is 1. The topological polar surface area (TPSA) is 89.3 Å². The van der Waals surface area contributed by atoms with Gasteiger partial charge in [0.15, 0.2) is 5.13 Å². The van der Waals surface area contributed by atoms with Crippen LogP contribution >= 0.6 is 11.3 Å². The molecule has 6 nitrogen and oxygen atoms in total. The number of aromatic nitrogens is 1. The number of thiazole rings is 1. The molecule has 0 aliphatic heterocycles. The van der Waals surface area contributed by atoms with Gasteiger partial charge in [0.25, 0.3) is 5.91 Å². The number of ether oxygens (including phenoxy) is 1. The highest BCUT2D eigenvalue weighted by Gasteiger charge is 2.16. The number of benzene rings is 1. The van der Waals surface area contributed by atoms with E-state index in [0.29, 0.717) is 15.7 Å². The molecule has 0 spiro atoms. The Hall–Kier alpha value is -2.28. The van der Waals surface area contributed by atoms with Crippen LogP contribution in [0.1, 0.15) is 22.2 Å². The highest BCUT2D eigenvalue weighted by atomic mass is 32.1. The molecule has 0 saturated carbocycles. The number of carbonyl (C=O) groups is 1. The van der Waals surface area contributed by atoms with Gasteiger partial charge in [-0.05, 0) is 37.6 Å². The number of anilines is 3. The van der Waals surface area contributed by atoms with Crippen molar-refractivity contribution in [1.82, 2.24) is 4.98 Å². The molecular weight excluding hydrogens is 288 g/mol. The third-order valence-electron chi connectivity index (χ3n) is 2.84. The van der Waals surface area contributed by atoms with Gasteiger partial charge in [-0.25, -0.2) is 4.98 Å². The maximum absolute atomic E-state index is 12.2. The molecule has 7 heteroatoms. The van der Waals surface area contributed by atoms with E-state index in [1.807, 2.05) is 26.0 Å². The van der Waals surface area contributed by atoms with Crippen LogP contribution in [0.15, 0.2) is 18.2 Å². The maximum Gasteiger partial charge on any atom is 0.269 e. The van der Waals surface area contributed by atoms with E-state index in [0.717, 1.165) is 17.9 Å². The Balaban J connectivity index is 2.16. The first-order valence-corrected chi connectivity index (χ1v) is 7.33. The molecule has 1 aromatic carbocycles. The normalized spacial score (nSPS) is 10.2. The zero-order valence-corrected chi connectivity index (χ0v) is 13.0. The molecule has 0 fully saturated rings. The van der Waals surface area contributed by atoms with Gasteiger partial charge in [-0.15, -0.1) is 0 Å². The fraction of sp³-hybridized carbons (Fsp3) is 0.286. The summed E-state index contributed by atoms with van der Waals surface area (Å²) in [5.41, 5.74) is 7.42. The molecule has 0 atom stereocenters. The van der Waals surface area contributed by atoms with Crippen molar-refractivity contribution in [3.63, 3.8) is 0 Å². The number of carbonyl (C=O) groups excluding carboxylic acids is 1. The van der Waals surface area contributed by atoms with Crippen LogP contribution in [0.4, 0.5) is 16.6 Å². The fourth-order valence-corrected chi connectivity index (χ4v) is 2.71. The van der Waals surface area contributed by atoms with Crippen LogP contribution < -0.4 is 21.1 Å². The molecule has 1 heterocycles. The van der Waals surface area contributed by atoms with Gasteiger partial charge >= 0.3 is 0 Å². The van der Waals surface area contributed by atoms with Gasteiger partial charge in [0, 0.05) is 12.2 Å². The van der Waals surface area contributed by atoms with E-state index in [1.54, 1.807) is 13.2 Å². The molecule has 0 aliphatic carbocycles. The van der Waals surface area contributed by atoms with Crippen molar-refractivity contribution < 1.29 is 9.53 Å². The highest BCUT2D eigenvalue weighted by molar-refractivity contribution is 7.18. The Morgan fingerprint density at radius 2 is 2.24 bits per heavy atom. The van der Waals surface area contributed by atoms with Crippen molar-refractivity contribution in [2.45, 2.75) is 13.8 Å². The van der Waals surface area contributed by atoms with Crippen molar-refractivity contribution in [1.29, 1.82) is 0 Å². The van der Waals surface area contributed by atoms with Crippen molar-refractivity contribution in [3.8, 4) is 5.75 Å². The van der Waals surface area contributed by atoms with E-state index in [1.165, 1.54) is 11.3 Å². The number of methoxy groups -OCH3 is 1. The minimum Gasteiger partial charge on any atom is -0.496 e. The predicted octanol–water partition coefficient (Wildman–Crippen LogP) is 2.73. The minimum atomic E-state index is -0.265. The van der Waals surface area contributed by atoms with Gasteiger partial charge in [-0.2, -0.15) is 0 Å². The van der Waals surface area contributed by atoms with Crippen molar-refractivity contribution in [2.75, 3.05) is 30.0 Å². The third-order valence-corrected chi connectivity index (χ3v) is 3.87. The van der Waals surface area contributed by atoms with Gasteiger partial charge in [0.2, 0.25) is 0 Å². The lowest BCUT2D eigenvalue weighted by molar-refractivity contribution is 0.103. The minimum absolute atomic E-state index is 0.235. The monoisotopic (exact) mass is 306 g/mol. The summed E-state index contributed by atoms with van der Waals surface area (Å²) >= 11 is 1.24. The highest BCUT2D eigenvalue weighted by Crippen LogP contribution is 2.27. The number of nitrogens with one attached hydrogen (secondary N) is 2. The summed E-state index contributed by atoms with van der Waals surface area (Å²) in [6, 6.07) is 5.44. The standard InChI is InChI=1S/C14H18N4O2S/c1-4-16-14-18-12(15)11(21-14)13(19)17-9-5-6-10(20-3)8(2)7-9/h5-7H,4,15H2,1-3H3,(H,16,18)(H,17,19). The van der Waals surface area contributed by atoms with Gasteiger partial charge < -0.3 is 21.1 Å².